The van der Waals surface area contributed by atoms with Gasteiger partial charge in [-0.1, -0.05) is 12.1 Å². The fourth-order valence-electron chi connectivity index (χ4n) is 3.05. The van der Waals surface area contributed by atoms with Crippen LogP contribution in [-0.2, 0) is 6.42 Å². The first-order valence-corrected chi connectivity index (χ1v) is 7.79. The molecule has 1 aliphatic heterocycles. The van der Waals surface area contributed by atoms with E-state index < -0.39 is 0 Å². The molecular formula is C17H19N7. The lowest BCUT2D eigenvalue weighted by atomic mass is 10.0. The van der Waals surface area contributed by atoms with Crippen LogP contribution in [0.4, 0.5) is 17.3 Å². The molecule has 7 heteroatoms. The summed E-state index contributed by atoms with van der Waals surface area (Å²) in [5, 5.41) is 4.55. The van der Waals surface area contributed by atoms with Crippen molar-refractivity contribution in [2.45, 2.75) is 20.3 Å². The highest BCUT2D eigenvalue weighted by molar-refractivity contribution is 5.74. The number of anilines is 3. The molecule has 4 rings (SSSR count). The molecule has 24 heavy (non-hydrogen) atoms. The topological polar surface area (TPSA) is 92.8 Å². The van der Waals surface area contributed by atoms with Crippen LogP contribution in [-0.4, -0.2) is 14.8 Å². The van der Waals surface area contributed by atoms with E-state index >= 15 is 0 Å². The van der Waals surface area contributed by atoms with Gasteiger partial charge in [-0.3, -0.25) is 5.43 Å². The number of nitrogens with zero attached hydrogens (tertiary/aromatic N) is 3. The molecule has 7 nitrogen and oxygen atoms in total. The molecule has 122 valence electrons. The van der Waals surface area contributed by atoms with Gasteiger partial charge in [0.25, 0.3) is 0 Å². The monoisotopic (exact) mass is 321 g/mol. The summed E-state index contributed by atoms with van der Waals surface area (Å²) in [6.07, 6.45) is 0.749. The molecule has 0 saturated heterocycles. The molecule has 0 aliphatic carbocycles. The summed E-state index contributed by atoms with van der Waals surface area (Å²) in [5.41, 5.74) is 21.2. The highest BCUT2D eigenvalue weighted by atomic mass is 15.6. The number of hydrazine groups is 2. The Morgan fingerprint density at radius 3 is 2.79 bits per heavy atom. The average molecular weight is 321 g/mol. The summed E-state index contributed by atoms with van der Waals surface area (Å²) in [6.45, 7) is 4.06. The van der Waals surface area contributed by atoms with Crippen molar-refractivity contribution in [1.29, 1.82) is 0 Å². The predicted octanol–water partition coefficient (Wildman–Crippen LogP) is 2.31. The van der Waals surface area contributed by atoms with Gasteiger partial charge in [0.05, 0.1) is 17.1 Å². The van der Waals surface area contributed by atoms with E-state index in [2.05, 4.69) is 63.7 Å². The van der Waals surface area contributed by atoms with Crippen molar-refractivity contribution in [2.24, 2.45) is 0 Å². The second kappa shape index (κ2) is 5.54. The molecule has 0 amide bonds. The second-order valence-electron chi connectivity index (χ2n) is 5.99. The molecule has 0 fully saturated rings. The number of pyridine rings is 1. The summed E-state index contributed by atoms with van der Waals surface area (Å²) < 4.78 is 1.96. The third-order valence-electron chi connectivity index (χ3n) is 4.05. The number of rotatable bonds is 3. The van der Waals surface area contributed by atoms with Crippen molar-refractivity contribution in [3.63, 3.8) is 0 Å². The van der Waals surface area contributed by atoms with Gasteiger partial charge in [-0.25, -0.2) is 9.67 Å². The van der Waals surface area contributed by atoms with Crippen molar-refractivity contribution in [2.75, 3.05) is 16.6 Å². The van der Waals surface area contributed by atoms with Crippen molar-refractivity contribution >= 4 is 17.3 Å². The van der Waals surface area contributed by atoms with Crippen LogP contribution in [0, 0.1) is 13.8 Å². The minimum absolute atomic E-state index is 0.497. The molecule has 0 saturated carbocycles. The molecule has 1 aliphatic rings. The number of nitrogen functional groups attached to an aromatic ring is 1. The van der Waals surface area contributed by atoms with Crippen molar-refractivity contribution in [3.05, 3.63) is 58.9 Å². The third-order valence-corrected chi connectivity index (χ3v) is 4.05. The molecule has 1 aromatic carbocycles. The number of nitrogens with one attached hydrogen (secondary N) is 3. The molecule has 0 spiro atoms. The van der Waals surface area contributed by atoms with Crippen LogP contribution in [0.5, 0.6) is 0 Å². The standard InChI is InChI=1S/C17H19N7/c1-10-6-11(2)24(22-10)14-5-3-4-12(8-14)7-13-9-15(18)19-17-16(13)20-23-21-17/h3-6,8-9,20,23H,7H2,1-2H3,(H3,18,19,21). The summed E-state index contributed by atoms with van der Waals surface area (Å²) in [7, 11) is 0. The Kier molecular flexibility index (Phi) is 3.35. The van der Waals surface area contributed by atoms with Gasteiger partial charge < -0.3 is 11.2 Å². The Labute approximate surface area is 139 Å². The predicted molar refractivity (Wildman–Crippen MR) is 94.9 cm³/mol. The van der Waals surface area contributed by atoms with Gasteiger partial charge in [-0.05, 0) is 55.7 Å². The fraction of sp³-hybridized carbons (Fsp3) is 0.176. The van der Waals surface area contributed by atoms with Crippen LogP contribution >= 0.6 is 0 Å². The summed E-state index contributed by atoms with van der Waals surface area (Å²) in [4.78, 5) is 4.26. The van der Waals surface area contributed by atoms with Crippen LogP contribution in [0.15, 0.2) is 36.4 Å². The minimum atomic E-state index is 0.497. The first-order valence-electron chi connectivity index (χ1n) is 7.79. The third kappa shape index (κ3) is 2.55. The Hall–Kier alpha value is -3.06. The highest BCUT2D eigenvalue weighted by Gasteiger charge is 2.16. The van der Waals surface area contributed by atoms with Crippen LogP contribution in [0.1, 0.15) is 22.5 Å². The van der Waals surface area contributed by atoms with E-state index in [1.54, 1.807) is 0 Å². The van der Waals surface area contributed by atoms with Gasteiger partial charge in [0.15, 0.2) is 5.82 Å². The van der Waals surface area contributed by atoms with E-state index in [4.69, 9.17) is 5.73 Å². The maximum absolute atomic E-state index is 5.91. The van der Waals surface area contributed by atoms with Crippen LogP contribution < -0.4 is 22.1 Å². The molecule has 0 unspecified atom stereocenters. The summed E-state index contributed by atoms with van der Waals surface area (Å²) in [5.74, 6) is 1.22. The van der Waals surface area contributed by atoms with Crippen LogP contribution in [0.25, 0.3) is 5.69 Å². The normalized spacial score (nSPS) is 12.6. The number of aryl methyl sites for hydroxylation is 2. The zero-order valence-corrected chi connectivity index (χ0v) is 13.6. The minimum Gasteiger partial charge on any atom is -0.384 e. The number of fused-ring (bicyclic) bond motifs is 1. The van der Waals surface area contributed by atoms with Crippen molar-refractivity contribution in [3.8, 4) is 5.69 Å². The number of hydrogen-bond donors (Lipinski definition) is 4. The lowest BCUT2D eigenvalue weighted by Gasteiger charge is -2.10. The Bertz CT molecular complexity index is 913. The number of nitrogens with two attached hydrogens (primary N) is 1. The van der Waals surface area contributed by atoms with E-state index in [1.807, 2.05) is 17.7 Å². The molecule has 5 N–H and O–H groups in total. The zero-order chi connectivity index (χ0) is 16.7. The van der Waals surface area contributed by atoms with Gasteiger partial charge >= 0.3 is 0 Å². The first-order chi connectivity index (χ1) is 11.6. The van der Waals surface area contributed by atoms with Gasteiger partial charge in [0.1, 0.15) is 5.82 Å². The largest absolute Gasteiger partial charge is 0.384 e. The molecule has 3 aromatic rings. The lowest BCUT2D eigenvalue weighted by molar-refractivity contribution is 0.832. The molecule has 0 atom stereocenters. The van der Waals surface area contributed by atoms with Gasteiger partial charge in [0.2, 0.25) is 0 Å². The lowest BCUT2D eigenvalue weighted by Crippen LogP contribution is -2.19. The molecule has 0 bridgehead atoms. The number of hydrogen-bond acceptors (Lipinski definition) is 6. The van der Waals surface area contributed by atoms with E-state index in [0.717, 1.165) is 40.6 Å². The van der Waals surface area contributed by atoms with Crippen molar-refractivity contribution in [1.82, 2.24) is 20.3 Å². The van der Waals surface area contributed by atoms with Crippen LogP contribution in [0.3, 0.4) is 0 Å². The fourth-order valence-corrected chi connectivity index (χ4v) is 3.05. The molecular weight excluding hydrogens is 302 g/mol. The zero-order valence-electron chi connectivity index (χ0n) is 13.6. The maximum atomic E-state index is 5.91. The molecule has 0 radical (unpaired) electrons. The molecule has 2 aromatic heterocycles. The Balaban J connectivity index is 1.69. The Morgan fingerprint density at radius 1 is 1.12 bits per heavy atom. The highest BCUT2D eigenvalue weighted by Crippen LogP contribution is 2.30. The van der Waals surface area contributed by atoms with Crippen molar-refractivity contribution < 1.29 is 0 Å². The van der Waals surface area contributed by atoms with E-state index in [1.165, 1.54) is 5.56 Å². The summed E-state index contributed by atoms with van der Waals surface area (Å²) >= 11 is 0. The number of aromatic nitrogens is 3. The number of benzene rings is 1. The smallest absolute Gasteiger partial charge is 0.169 e. The van der Waals surface area contributed by atoms with Gasteiger partial charge in [-0.15, -0.1) is 5.53 Å². The van der Waals surface area contributed by atoms with Crippen LogP contribution in [0.2, 0.25) is 0 Å². The second-order valence-corrected chi connectivity index (χ2v) is 5.99. The molecule has 3 heterocycles. The SMILES string of the molecule is Cc1cc(C)n(-c2cccc(Cc3cc(N)nc4c3NNN4)c2)n1. The van der Waals surface area contributed by atoms with E-state index in [9.17, 15) is 0 Å². The average Bonchev–Trinajstić information content (AvgIpc) is 3.13. The Morgan fingerprint density at radius 2 is 2.00 bits per heavy atom. The first kappa shape index (κ1) is 14.5. The van der Waals surface area contributed by atoms with E-state index in [0.29, 0.717) is 5.82 Å². The quantitative estimate of drug-likeness (QED) is 0.591. The maximum Gasteiger partial charge on any atom is 0.169 e. The van der Waals surface area contributed by atoms with Gasteiger partial charge in [-0.2, -0.15) is 5.10 Å². The summed E-state index contributed by atoms with van der Waals surface area (Å²) in [6, 6.07) is 12.3. The van der Waals surface area contributed by atoms with Gasteiger partial charge in [0, 0.05) is 5.69 Å². The van der Waals surface area contributed by atoms with E-state index in [-0.39, 0.29) is 0 Å².